The van der Waals surface area contributed by atoms with Crippen molar-refractivity contribution in [1.82, 2.24) is 10.2 Å². The maximum Gasteiger partial charge on any atom is 0.394 e. The zero-order valence-electron chi connectivity index (χ0n) is 13.9. The van der Waals surface area contributed by atoms with Crippen LogP contribution in [0.2, 0.25) is 0 Å². The van der Waals surface area contributed by atoms with Crippen LogP contribution in [0.3, 0.4) is 0 Å². The third kappa shape index (κ3) is 2.81. The Morgan fingerprint density at radius 1 is 1.19 bits per heavy atom. The van der Waals surface area contributed by atoms with Gasteiger partial charge in [-0.3, -0.25) is 4.79 Å². The largest absolute Gasteiger partial charge is 0.481 e. The quantitative estimate of drug-likeness (QED) is 0.843. The highest BCUT2D eigenvalue weighted by atomic mass is 19.4. The van der Waals surface area contributed by atoms with E-state index in [0.717, 1.165) is 17.7 Å². The number of benzene rings is 1. The molecule has 0 radical (unpaired) electrons. The van der Waals surface area contributed by atoms with Crippen molar-refractivity contribution in [3.63, 3.8) is 0 Å². The summed E-state index contributed by atoms with van der Waals surface area (Å²) >= 11 is 0. The number of fused-ring (bicyclic) bond motifs is 3. The van der Waals surface area contributed by atoms with Crippen LogP contribution in [-0.4, -0.2) is 47.3 Å². The van der Waals surface area contributed by atoms with Crippen LogP contribution < -0.4 is 5.32 Å². The summed E-state index contributed by atoms with van der Waals surface area (Å²) in [6, 6.07) is 7.34. The van der Waals surface area contributed by atoms with Gasteiger partial charge in [0, 0.05) is 25.0 Å². The maximum atomic E-state index is 13.1. The van der Waals surface area contributed by atoms with Gasteiger partial charge in [0.2, 0.25) is 0 Å². The lowest BCUT2D eigenvalue weighted by Crippen LogP contribution is -2.41. The van der Waals surface area contributed by atoms with Crippen molar-refractivity contribution in [2.75, 3.05) is 13.1 Å². The fourth-order valence-corrected chi connectivity index (χ4v) is 4.55. The van der Waals surface area contributed by atoms with Crippen molar-refractivity contribution in [2.24, 2.45) is 17.8 Å². The Hall–Kier alpha value is -2.25. The summed E-state index contributed by atoms with van der Waals surface area (Å²) in [5, 5.41) is 11.9. The summed E-state index contributed by atoms with van der Waals surface area (Å²) in [6.07, 6.45) is -2.76. The van der Waals surface area contributed by atoms with Crippen LogP contribution in [0, 0.1) is 17.8 Å². The minimum absolute atomic E-state index is 0.0839. The second kappa shape index (κ2) is 5.89. The number of aryl methyl sites for hydroxylation is 1. The zero-order valence-corrected chi connectivity index (χ0v) is 13.9. The molecule has 5 nitrogen and oxygen atoms in total. The molecule has 1 saturated carbocycles. The number of carboxylic acids is 1. The average Bonchev–Trinajstić information content (AvgIpc) is 3.07. The minimum atomic E-state index is -4.63. The van der Waals surface area contributed by atoms with Crippen LogP contribution in [0.4, 0.5) is 18.0 Å². The van der Waals surface area contributed by atoms with Gasteiger partial charge in [-0.1, -0.05) is 24.3 Å². The maximum absolute atomic E-state index is 13.1. The Balaban J connectivity index is 1.43. The molecule has 1 aromatic rings. The molecule has 4 rings (SSSR count). The van der Waals surface area contributed by atoms with Crippen LogP contribution in [0.25, 0.3) is 0 Å². The number of alkyl halides is 3. The van der Waals surface area contributed by atoms with Crippen molar-refractivity contribution < 1.29 is 27.9 Å². The number of aliphatic carboxylic acids is 1. The van der Waals surface area contributed by atoms with E-state index in [1.54, 1.807) is 0 Å². The molecule has 0 bridgehead atoms. The first-order valence-corrected chi connectivity index (χ1v) is 8.70. The lowest BCUT2D eigenvalue weighted by Gasteiger charge is -2.19. The molecular formula is C18H19F3N2O3. The molecule has 1 saturated heterocycles. The number of nitrogens with zero attached hydrogens (tertiary/aromatic N) is 1. The lowest BCUT2D eigenvalue weighted by atomic mass is 9.92. The first-order valence-electron chi connectivity index (χ1n) is 8.70. The van der Waals surface area contributed by atoms with Gasteiger partial charge in [-0.05, 0) is 29.9 Å². The highest BCUT2D eigenvalue weighted by Gasteiger charge is 2.56. The van der Waals surface area contributed by atoms with Crippen LogP contribution in [0.15, 0.2) is 24.3 Å². The summed E-state index contributed by atoms with van der Waals surface area (Å²) in [7, 11) is 0. The standard InChI is InChI=1S/C18H19F3N2O3/c19-18(20,21)13-8-23(7-12(13)16(24)25)17(26)22-15-11-6-5-9-3-1-2-4-10(9)14(11)15/h1-4,11-15H,5-8H2,(H,22,26)(H,24,25)/t11?,12-,13-,14?,15?/m1/s1. The van der Waals surface area contributed by atoms with Crippen molar-refractivity contribution in [1.29, 1.82) is 0 Å². The van der Waals surface area contributed by atoms with E-state index in [2.05, 4.69) is 11.4 Å². The zero-order chi connectivity index (χ0) is 18.6. The van der Waals surface area contributed by atoms with Gasteiger partial charge >= 0.3 is 18.2 Å². The number of halogens is 3. The molecule has 3 unspecified atom stereocenters. The number of likely N-dealkylation sites (tertiary alicyclic amines) is 1. The van der Waals surface area contributed by atoms with Crippen molar-refractivity contribution >= 4 is 12.0 Å². The summed E-state index contributed by atoms with van der Waals surface area (Å²) in [5.41, 5.74) is 2.46. The number of carbonyl (C=O) groups excluding carboxylic acids is 1. The van der Waals surface area contributed by atoms with Gasteiger partial charge in [-0.15, -0.1) is 0 Å². The number of urea groups is 1. The number of hydrogen-bond acceptors (Lipinski definition) is 2. The summed E-state index contributed by atoms with van der Waals surface area (Å²) in [4.78, 5) is 24.6. The summed E-state index contributed by atoms with van der Waals surface area (Å²) in [6.45, 7) is -1.02. The molecule has 2 amide bonds. The SMILES string of the molecule is O=C(O)[C@@H]1CN(C(=O)NC2C3CCc4ccccc4C32)C[C@H]1C(F)(F)F. The van der Waals surface area contributed by atoms with E-state index >= 15 is 0 Å². The molecule has 0 spiro atoms. The summed E-state index contributed by atoms with van der Waals surface area (Å²) in [5.74, 6) is -4.63. The number of carboxylic acid groups (broad SMARTS) is 1. The predicted molar refractivity (Wildman–Crippen MR) is 85.6 cm³/mol. The second-order valence-corrected chi connectivity index (χ2v) is 7.40. The van der Waals surface area contributed by atoms with Gasteiger partial charge < -0.3 is 15.3 Å². The number of carbonyl (C=O) groups is 2. The molecule has 8 heteroatoms. The minimum Gasteiger partial charge on any atom is -0.481 e. The Morgan fingerprint density at radius 2 is 1.92 bits per heavy atom. The molecule has 5 atom stereocenters. The molecule has 2 N–H and O–H groups in total. The molecule has 2 fully saturated rings. The molecule has 26 heavy (non-hydrogen) atoms. The normalized spacial score (nSPS) is 32.6. The fourth-order valence-electron chi connectivity index (χ4n) is 4.55. The number of rotatable bonds is 2. The molecule has 0 aromatic heterocycles. The molecular weight excluding hydrogens is 349 g/mol. The molecule has 1 heterocycles. The van der Waals surface area contributed by atoms with Crippen molar-refractivity contribution in [3.05, 3.63) is 35.4 Å². The Kier molecular flexibility index (Phi) is 3.89. The lowest BCUT2D eigenvalue weighted by molar-refractivity contribution is -0.187. The third-order valence-corrected chi connectivity index (χ3v) is 5.96. The fraction of sp³-hybridized carbons (Fsp3) is 0.556. The van der Waals surface area contributed by atoms with Gasteiger partial charge in [0.25, 0.3) is 0 Å². The molecule has 140 valence electrons. The first kappa shape index (κ1) is 17.2. The number of amides is 2. The van der Waals surface area contributed by atoms with Crippen molar-refractivity contribution in [2.45, 2.75) is 31.0 Å². The highest BCUT2D eigenvalue weighted by molar-refractivity contribution is 5.78. The Labute approximate surface area is 148 Å². The van der Waals surface area contributed by atoms with Gasteiger partial charge in [-0.25, -0.2) is 4.79 Å². The highest BCUT2D eigenvalue weighted by Crippen LogP contribution is 2.54. The number of hydrogen-bond donors (Lipinski definition) is 2. The molecule has 1 aromatic carbocycles. The van der Waals surface area contributed by atoms with E-state index in [4.69, 9.17) is 5.11 Å². The Bertz CT molecular complexity index is 751. The predicted octanol–water partition coefficient (Wildman–Crippen LogP) is 2.62. The van der Waals surface area contributed by atoms with Gasteiger partial charge in [0.15, 0.2) is 0 Å². The van der Waals surface area contributed by atoms with Gasteiger partial charge in [-0.2, -0.15) is 13.2 Å². The van der Waals surface area contributed by atoms with Crippen LogP contribution in [0.1, 0.15) is 23.5 Å². The molecule has 1 aliphatic heterocycles. The van der Waals surface area contributed by atoms with E-state index in [1.165, 1.54) is 11.1 Å². The van der Waals surface area contributed by atoms with Crippen LogP contribution >= 0.6 is 0 Å². The van der Waals surface area contributed by atoms with E-state index in [-0.39, 0.29) is 12.0 Å². The van der Waals surface area contributed by atoms with E-state index < -0.39 is 43.1 Å². The van der Waals surface area contributed by atoms with E-state index in [0.29, 0.717) is 5.92 Å². The van der Waals surface area contributed by atoms with E-state index in [1.807, 2.05) is 18.2 Å². The average molecular weight is 368 g/mol. The van der Waals surface area contributed by atoms with Gasteiger partial charge in [0.05, 0.1) is 11.8 Å². The topological polar surface area (TPSA) is 69.6 Å². The second-order valence-electron chi connectivity index (χ2n) is 7.40. The molecule has 3 aliphatic rings. The Morgan fingerprint density at radius 3 is 2.58 bits per heavy atom. The first-order chi connectivity index (χ1) is 12.3. The van der Waals surface area contributed by atoms with Crippen molar-refractivity contribution in [3.8, 4) is 0 Å². The smallest absolute Gasteiger partial charge is 0.394 e. The van der Waals surface area contributed by atoms with Gasteiger partial charge in [0.1, 0.15) is 0 Å². The van der Waals surface area contributed by atoms with Crippen LogP contribution in [0.5, 0.6) is 0 Å². The monoisotopic (exact) mass is 368 g/mol. The number of nitrogens with one attached hydrogen (secondary N) is 1. The van der Waals surface area contributed by atoms with E-state index in [9.17, 15) is 22.8 Å². The van der Waals surface area contributed by atoms with Crippen LogP contribution in [-0.2, 0) is 11.2 Å². The third-order valence-electron chi connectivity index (χ3n) is 5.96. The molecule has 2 aliphatic carbocycles. The summed E-state index contributed by atoms with van der Waals surface area (Å²) < 4.78 is 39.2.